The topological polar surface area (TPSA) is 66.8 Å². The fourth-order valence-electron chi connectivity index (χ4n) is 1.98. The second-order valence-electron chi connectivity index (χ2n) is 3.74. The van der Waals surface area contributed by atoms with E-state index in [-0.39, 0.29) is 5.56 Å². The van der Waals surface area contributed by atoms with Gasteiger partial charge < -0.3 is 9.88 Å². The van der Waals surface area contributed by atoms with E-state index in [0.717, 1.165) is 18.9 Å². The van der Waals surface area contributed by atoms with Crippen LogP contribution in [-0.2, 0) is 6.54 Å². The van der Waals surface area contributed by atoms with Crippen molar-refractivity contribution in [1.29, 1.82) is 0 Å². The number of hydrogen-bond donors (Lipinski definition) is 1. The van der Waals surface area contributed by atoms with Gasteiger partial charge in [0.1, 0.15) is 11.6 Å². The van der Waals surface area contributed by atoms with Gasteiger partial charge in [-0.25, -0.2) is 9.67 Å². The molecule has 0 atom stereocenters. The molecule has 0 bridgehead atoms. The number of aromatic amines is 1. The van der Waals surface area contributed by atoms with Gasteiger partial charge in [-0.15, -0.1) is 0 Å². The largest absolute Gasteiger partial charge is 0.313 e. The number of rotatable bonds is 1. The summed E-state index contributed by atoms with van der Waals surface area (Å²) >= 11 is 0. The van der Waals surface area contributed by atoms with Gasteiger partial charge in [0, 0.05) is 12.6 Å². The van der Waals surface area contributed by atoms with Gasteiger partial charge in [-0.3, -0.25) is 4.79 Å². The third-order valence-electron chi connectivity index (χ3n) is 2.82. The van der Waals surface area contributed by atoms with Crippen LogP contribution in [-0.4, -0.2) is 26.3 Å². The first kappa shape index (κ1) is 9.14. The average molecular weight is 217 g/mol. The molecule has 1 aliphatic rings. The van der Waals surface area contributed by atoms with Crippen molar-refractivity contribution in [2.24, 2.45) is 0 Å². The lowest BCUT2D eigenvalue weighted by Gasteiger charge is -2.16. The molecular weight excluding hydrogens is 206 g/mol. The highest BCUT2D eigenvalue weighted by atomic mass is 16.1. The lowest BCUT2D eigenvalue weighted by Crippen LogP contribution is -2.21. The van der Waals surface area contributed by atoms with E-state index in [4.69, 9.17) is 0 Å². The van der Waals surface area contributed by atoms with Crippen molar-refractivity contribution in [2.75, 3.05) is 11.4 Å². The Hall–Kier alpha value is -2.11. The number of hydrogen-bond acceptors (Lipinski definition) is 4. The quantitative estimate of drug-likeness (QED) is 0.752. The summed E-state index contributed by atoms with van der Waals surface area (Å²) in [5.74, 6) is 1.70. The summed E-state index contributed by atoms with van der Waals surface area (Å²) < 4.78 is 1.91. The Kier molecular flexibility index (Phi) is 1.82. The zero-order valence-electron chi connectivity index (χ0n) is 8.84. The molecule has 3 rings (SSSR count). The molecule has 2 aromatic rings. The van der Waals surface area contributed by atoms with Gasteiger partial charge in [-0.1, -0.05) is 0 Å². The Morgan fingerprint density at radius 3 is 3.19 bits per heavy atom. The standard InChI is InChI=1S/C10H11N5O/c1-7-9(11-6-12-10(7)16)14-4-5-15-8(14)2-3-13-15/h2-3,6H,4-5H2,1H3,(H,11,12,16). The summed E-state index contributed by atoms with van der Waals surface area (Å²) in [7, 11) is 0. The highest BCUT2D eigenvalue weighted by Gasteiger charge is 2.23. The van der Waals surface area contributed by atoms with Crippen molar-refractivity contribution in [3.63, 3.8) is 0 Å². The molecule has 0 saturated carbocycles. The molecule has 0 amide bonds. The van der Waals surface area contributed by atoms with Crippen LogP contribution in [0.2, 0.25) is 0 Å². The van der Waals surface area contributed by atoms with Crippen molar-refractivity contribution in [1.82, 2.24) is 19.7 Å². The Labute approximate surface area is 91.5 Å². The average Bonchev–Trinajstić information content (AvgIpc) is 2.84. The fraction of sp³-hybridized carbons (Fsp3) is 0.300. The van der Waals surface area contributed by atoms with Gasteiger partial charge in [0.05, 0.1) is 24.6 Å². The highest BCUT2D eigenvalue weighted by molar-refractivity contribution is 5.60. The first-order chi connectivity index (χ1) is 7.77. The van der Waals surface area contributed by atoms with E-state index < -0.39 is 0 Å². The summed E-state index contributed by atoms with van der Waals surface area (Å²) in [4.78, 5) is 20.3. The molecule has 0 aromatic carbocycles. The minimum absolute atomic E-state index is 0.0945. The number of fused-ring (bicyclic) bond motifs is 1. The Morgan fingerprint density at radius 1 is 1.44 bits per heavy atom. The van der Waals surface area contributed by atoms with Gasteiger partial charge in [-0.05, 0) is 6.92 Å². The number of nitrogens with zero attached hydrogens (tertiary/aromatic N) is 4. The number of anilines is 2. The van der Waals surface area contributed by atoms with Crippen LogP contribution < -0.4 is 10.5 Å². The van der Waals surface area contributed by atoms with E-state index in [0.29, 0.717) is 11.4 Å². The third kappa shape index (κ3) is 1.16. The van der Waals surface area contributed by atoms with Crippen LogP contribution in [0.4, 0.5) is 11.6 Å². The SMILES string of the molecule is Cc1c(N2CCn3nccc32)nc[nH]c1=O. The summed E-state index contributed by atoms with van der Waals surface area (Å²) in [6.07, 6.45) is 3.19. The van der Waals surface area contributed by atoms with Crippen molar-refractivity contribution >= 4 is 11.6 Å². The molecule has 16 heavy (non-hydrogen) atoms. The van der Waals surface area contributed by atoms with Gasteiger partial charge in [0.25, 0.3) is 5.56 Å². The predicted molar refractivity (Wildman–Crippen MR) is 58.8 cm³/mol. The van der Waals surface area contributed by atoms with Crippen LogP contribution in [0.1, 0.15) is 5.56 Å². The Bertz CT molecular complexity index is 585. The maximum atomic E-state index is 11.5. The Balaban J connectivity index is 2.13. The van der Waals surface area contributed by atoms with E-state index >= 15 is 0 Å². The van der Waals surface area contributed by atoms with E-state index in [9.17, 15) is 4.79 Å². The molecule has 1 N–H and O–H groups in total. The third-order valence-corrected chi connectivity index (χ3v) is 2.82. The van der Waals surface area contributed by atoms with Crippen molar-refractivity contribution in [3.8, 4) is 0 Å². The van der Waals surface area contributed by atoms with Crippen LogP contribution >= 0.6 is 0 Å². The molecule has 6 heteroatoms. The molecule has 0 saturated heterocycles. The van der Waals surface area contributed by atoms with Crippen molar-refractivity contribution in [3.05, 3.63) is 34.5 Å². The molecule has 6 nitrogen and oxygen atoms in total. The summed E-state index contributed by atoms with van der Waals surface area (Å²) in [6.45, 7) is 3.41. The molecule has 1 aliphatic heterocycles. The Morgan fingerprint density at radius 2 is 2.31 bits per heavy atom. The normalized spacial score (nSPS) is 14.2. The molecule has 0 spiro atoms. The van der Waals surface area contributed by atoms with Crippen LogP contribution in [0.25, 0.3) is 0 Å². The van der Waals surface area contributed by atoms with E-state index in [2.05, 4.69) is 15.1 Å². The molecular formula is C10H11N5O. The molecule has 0 unspecified atom stereocenters. The maximum absolute atomic E-state index is 11.5. The van der Waals surface area contributed by atoms with Crippen LogP contribution in [0.5, 0.6) is 0 Å². The monoisotopic (exact) mass is 217 g/mol. The fourth-order valence-corrected chi connectivity index (χ4v) is 1.98. The minimum Gasteiger partial charge on any atom is -0.313 e. The van der Waals surface area contributed by atoms with E-state index in [1.54, 1.807) is 13.1 Å². The van der Waals surface area contributed by atoms with E-state index in [1.807, 2.05) is 15.6 Å². The first-order valence-corrected chi connectivity index (χ1v) is 5.11. The maximum Gasteiger partial charge on any atom is 0.255 e. The van der Waals surface area contributed by atoms with Crippen LogP contribution in [0.3, 0.4) is 0 Å². The summed E-state index contributed by atoms with van der Waals surface area (Å²) in [5.41, 5.74) is 0.542. The van der Waals surface area contributed by atoms with Gasteiger partial charge in [-0.2, -0.15) is 5.10 Å². The van der Waals surface area contributed by atoms with Gasteiger partial charge in [0.2, 0.25) is 0 Å². The van der Waals surface area contributed by atoms with E-state index in [1.165, 1.54) is 6.33 Å². The molecule has 0 aliphatic carbocycles. The van der Waals surface area contributed by atoms with Crippen molar-refractivity contribution in [2.45, 2.75) is 13.5 Å². The molecule has 2 aromatic heterocycles. The van der Waals surface area contributed by atoms with Crippen molar-refractivity contribution < 1.29 is 0 Å². The second-order valence-corrected chi connectivity index (χ2v) is 3.74. The molecule has 0 radical (unpaired) electrons. The zero-order valence-corrected chi connectivity index (χ0v) is 8.84. The second kappa shape index (κ2) is 3.19. The lowest BCUT2D eigenvalue weighted by molar-refractivity contribution is 0.692. The lowest BCUT2D eigenvalue weighted by atomic mass is 10.3. The molecule has 82 valence electrons. The van der Waals surface area contributed by atoms with Crippen LogP contribution in [0.15, 0.2) is 23.4 Å². The summed E-state index contributed by atoms with van der Waals surface area (Å²) in [5, 5.41) is 4.19. The zero-order chi connectivity index (χ0) is 11.1. The minimum atomic E-state index is -0.0945. The summed E-state index contributed by atoms with van der Waals surface area (Å²) in [6, 6.07) is 1.93. The molecule has 0 fully saturated rings. The first-order valence-electron chi connectivity index (χ1n) is 5.11. The smallest absolute Gasteiger partial charge is 0.255 e. The van der Waals surface area contributed by atoms with Gasteiger partial charge >= 0.3 is 0 Å². The molecule has 3 heterocycles. The number of H-pyrrole nitrogens is 1. The van der Waals surface area contributed by atoms with Gasteiger partial charge in [0.15, 0.2) is 0 Å². The number of aromatic nitrogens is 4. The number of nitrogens with one attached hydrogen (secondary N) is 1. The predicted octanol–water partition coefficient (Wildman–Crippen LogP) is 0.427. The van der Waals surface area contributed by atoms with Crippen LogP contribution in [0, 0.1) is 6.92 Å². The highest BCUT2D eigenvalue weighted by Crippen LogP contribution is 2.28.